The topological polar surface area (TPSA) is 81.8 Å². The molecule has 2 aromatic rings. The van der Waals surface area contributed by atoms with Crippen LogP contribution in [0.1, 0.15) is 17.5 Å². The molecule has 0 atom stereocenters. The van der Waals surface area contributed by atoms with Crippen molar-refractivity contribution in [1.29, 1.82) is 0 Å². The highest BCUT2D eigenvalue weighted by Crippen LogP contribution is 2.31. The molecule has 2 aromatic carbocycles. The minimum absolute atomic E-state index is 0.0111. The molecule has 3 rings (SSSR count). The van der Waals surface area contributed by atoms with Crippen LogP contribution in [0.3, 0.4) is 0 Å². The summed E-state index contributed by atoms with van der Waals surface area (Å²) in [6, 6.07) is 12.4. The van der Waals surface area contributed by atoms with Gasteiger partial charge in [0.1, 0.15) is 0 Å². The maximum Gasteiger partial charge on any atom is 0.325 e. The zero-order valence-corrected chi connectivity index (χ0v) is 16.3. The minimum atomic E-state index is -0.574. The Morgan fingerprint density at radius 1 is 1.04 bits per heavy atom. The smallest absolute Gasteiger partial charge is 0.325 e. The van der Waals surface area contributed by atoms with Crippen LogP contribution in [0, 0.1) is 13.8 Å². The van der Waals surface area contributed by atoms with Crippen molar-refractivity contribution in [3.63, 3.8) is 0 Å². The Labute approximate surface area is 164 Å². The van der Waals surface area contributed by atoms with Crippen molar-refractivity contribution in [2.75, 3.05) is 35.3 Å². The number of nitrogens with one attached hydrogen (secondary N) is 2. The highest BCUT2D eigenvalue weighted by Gasteiger charge is 2.25. The normalized spacial score (nSPS) is 13.6. The van der Waals surface area contributed by atoms with Gasteiger partial charge in [-0.25, -0.2) is 4.79 Å². The summed E-state index contributed by atoms with van der Waals surface area (Å²) >= 11 is 0. The van der Waals surface area contributed by atoms with E-state index >= 15 is 0 Å². The molecule has 1 aliphatic heterocycles. The monoisotopic (exact) mass is 380 g/mol. The summed E-state index contributed by atoms with van der Waals surface area (Å²) < 4.78 is 0. The zero-order valence-electron chi connectivity index (χ0n) is 16.3. The molecule has 4 amide bonds. The van der Waals surface area contributed by atoms with Crippen LogP contribution in [0.25, 0.3) is 0 Å². The van der Waals surface area contributed by atoms with Crippen molar-refractivity contribution >= 4 is 34.9 Å². The van der Waals surface area contributed by atoms with Crippen LogP contribution in [0.5, 0.6) is 0 Å². The van der Waals surface area contributed by atoms with E-state index in [1.165, 1.54) is 0 Å². The number of hydrogen-bond donors (Lipinski definition) is 2. The number of rotatable bonds is 3. The van der Waals surface area contributed by atoms with Gasteiger partial charge in [0.2, 0.25) is 11.8 Å². The number of fused-ring (bicyclic) bond motifs is 1. The predicted molar refractivity (Wildman–Crippen MR) is 110 cm³/mol. The second-order valence-electron chi connectivity index (χ2n) is 6.86. The summed E-state index contributed by atoms with van der Waals surface area (Å²) in [6.45, 7) is 4.26. The highest BCUT2D eigenvalue weighted by molar-refractivity contribution is 6.04. The number of carbonyl (C=O) groups is 3. The lowest BCUT2D eigenvalue weighted by atomic mass is 10.1. The van der Waals surface area contributed by atoms with Gasteiger partial charge in [-0.05, 0) is 43.2 Å². The molecule has 0 fully saturated rings. The SMILES string of the molecule is Cc1cccc(NC(=O)NC(=O)CN2CCC(=O)N(C)c3ccccc32)c1C. The second-order valence-corrected chi connectivity index (χ2v) is 6.86. The molecular weight excluding hydrogens is 356 g/mol. The van der Waals surface area contributed by atoms with E-state index in [1.807, 2.05) is 55.1 Å². The van der Waals surface area contributed by atoms with Gasteiger partial charge in [-0.15, -0.1) is 0 Å². The van der Waals surface area contributed by atoms with Crippen molar-refractivity contribution in [3.05, 3.63) is 53.6 Å². The Balaban J connectivity index is 1.67. The molecule has 28 heavy (non-hydrogen) atoms. The van der Waals surface area contributed by atoms with Gasteiger partial charge in [0.05, 0.1) is 17.9 Å². The number of carbonyl (C=O) groups excluding carboxylic acids is 3. The molecule has 0 radical (unpaired) electrons. The van der Waals surface area contributed by atoms with Crippen molar-refractivity contribution < 1.29 is 14.4 Å². The van der Waals surface area contributed by atoms with Crippen molar-refractivity contribution in [1.82, 2.24) is 5.32 Å². The Morgan fingerprint density at radius 3 is 2.50 bits per heavy atom. The van der Waals surface area contributed by atoms with Gasteiger partial charge in [-0.3, -0.25) is 14.9 Å². The fourth-order valence-corrected chi connectivity index (χ4v) is 3.21. The molecule has 0 saturated carbocycles. The largest absolute Gasteiger partial charge is 0.360 e. The quantitative estimate of drug-likeness (QED) is 0.858. The van der Waals surface area contributed by atoms with E-state index in [4.69, 9.17) is 0 Å². The molecule has 0 unspecified atom stereocenters. The van der Waals surface area contributed by atoms with Crippen molar-refractivity contribution in [3.8, 4) is 0 Å². The Morgan fingerprint density at radius 2 is 1.75 bits per heavy atom. The first-order valence-electron chi connectivity index (χ1n) is 9.14. The van der Waals surface area contributed by atoms with Gasteiger partial charge in [-0.2, -0.15) is 0 Å². The Bertz CT molecular complexity index is 926. The number of urea groups is 1. The summed E-state index contributed by atoms with van der Waals surface area (Å²) in [7, 11) is 1.72. The van der Waals surface area contributed by atoms with E-state index in [0.717, 1.165) is 22.5 Å². The molecule has 146 valence electrons. The van der Waals surface area contributed by atoms with Gasteiger partial charge in [0.25, 0.3) is 0 Å². The lowest BCUT2D eigenvalue weighted by Crippen LogP contribution is -2.42. The van der Waals surface area contributed by atoms with Crippen LogP contribution >= 0.6 is 0 Å². The number of nitrogens with zero attached hydrogens (tertiary/aromatic N) is 2. The van der Waals surface area contributed by atoms with Crippen LogP contribution in [0.4, 0.5) is 21.9 Å². The first-order valence-corrected chi connectivity index (χ1v) is 9.14. The number of imide groups is 1. The fraction of sp³-hybridized carbons (Fsp3) is 0.286. The average Bonchev–Trinajstić information content (AvgIpc) is 2.78. The van der Waals surface area contributed by atoms with E-state index in [2.05, 4.69) is 10.6 Å². The molecule has 7 nitrogen and oxygen atoms in total. The van der Waals surface area contributed by atoms with Gasteiger partial charge in [0, 0.05) is 25.7 Å². The van der Waals surface area contributed by atoms with Crippen LogP contribution < -0.4 is 20.4 Å². The van der Waals surface area contributed by atoms with Crippen LogP contribution in [-0.2, 0) is 9.59 Å². The lowest BCUT2D eigenvalue weighted by Gasteiger charge is -2.24. The maximum atomic E-state index is 12.4. The van der Waals surface area contributed by atoms with Gasteiger partial charge >= 0.3 is 6.03 Å². The first-order chi connectivity index (χ1) is 13.4. The fourth-order valence-electron chi connectivity index (χ4n) is 3.21. The summed E-state index contributed by atoms with van der Waals surface area (Å²) in [5, 5.41) is 5.08. The molecule has 7 heteroatoms. The third-order valence-corrected chi connectivity index (χ3v) is 4.99. The van der Waals surface area contributed by atoms with E-state index in [9.17, 15) is 14.4 Å². The minimum Gasteiger partial charge on any atom is -0.360 e. The first kappa shape index (κ1) is 19.4. The van der Waals surface area contributed by atoms with Crippen LogP contribution in [0.2, 0.25) is 0 Å². The molecule has 0 saturated heterocycles. The standard InChI is InChI=1S/C21H24N4O3/c1-14-7-6-8-16(15(14)2)22-21(28)23-19(26)13-25-12-11-20(27)24(3)17-9-4-5-10-18(17)25/h4-10H,11-13H2,1-3H3,(H2,22,23,26,28). The molecule has 0 spiro atoms. The number of hydrogen-bond acceptors (Lipinski definition) is 4. The maximum absolute atomic E-state index is 12.4. The third-order valence-electron chi connectivity index (χ3n) is 4.99. The Kier molecular flexibility index (Phi) is 5.63. The predicted octanol–water partition coefficient (Wildman–Crippen LogP) is 2.82. The van der Waals surface area contributed by atoms with E-state index in [1.54, 1.807) is 18.0 Å². The summed E-state index contributed by atoms with van der Waals surface area (Å²) in [5.74, 6) is -0.447. The number of aryl methyl sites for hydroxylation is 1. The van der Waals surface area contributed by atoms with Crippen molar-refractivity contribution in [2.45, 2.75) is 20.3 Å². The summed E-state index contributed by atoms with van der Waals surface area (Å²) in [5.41, 5.74) is 4.21. The molecular formula is C21H24N4O3. The third kappa shape index (κ3) is 4.14. The van der Waals surface area contributed by atoms with E-state index in [-0.39, 0.29) is 12.5 Å². The van der Waals surface area contributed by atoms with Gasteiger partial charge in [0.15, 0.2) is 0 Å². The van der Waals surface area contributed by atoms with Crippen LogP contribution in [-0.4, -0.2) is 38.0 Å². The molecule has 2 N–H and O–H groups in total. The summed E-state index contributed by atoms with van der Waals surface area (Å²) in [6.07, 6.45) is 0.299. The summed E-state index contributed by atoms with van der Waals surface area (Å²) in [4.78, 5) is 40.3. The molecule has 1 heterocycles. The van der Waals surface area contributed by atoms with E-state index in [0.29, 0.717) is 18.7 Å². The molecule has 1 aliphatic rings. The molecule has 0 bridgehead atoms. The van der Waals surface area contributed by atoms with Crippen molar-refractivity contribution in [2.24, 2.45) is 0 Å². The zero-order chi connectivity index (χ0) is 20.3. The van der Waals surface area contributed by atoms with Crippen LogP contribution in [0.15, 0.2) is 42.5 Å². The van der Waals surface area contributed by atoms with Gasteiger partial charge in [-0.1, -0.05) is 24.3 Å². The number of anilines is 3. The lowest BCUT2D eigenvalue weighted by molar-refractivity contribution is -0.119. The molecule has 0 aliphatic carbocycles. The highest BCUT2D eigenvalue weighted by atomic mass is 16.2. The number of amides is 4. The second kappa shape index (κ2) is 8.12. The number of para-hydroxylation sites is 2. The van der Waals surface area contributed by atoms with Gasteiger partial charge < -0.3 is 15.1 Å². The Hall–Kier alpha value is -3.35. The number of benzene rings is 2. The average molecular weight is 380 g/mol. The van der Waals surface area contributed by atoms with E-state index < -0.39 is 11.9 Å². The molecule has 0 aromatic heterocycles.